The molecule has 1 heterocycles. The fourth-order valence-corrected chi connectivity index (χ4v) is 2.32. The molecular weight excluding hydrogens is 350 g/mol. The van der Waals surface area contributed by atoms with Gasteiger partial charge in [0.1, 0.15) is 17.1 Å². The van der Waals surface area contributed by atoms with Gasteiger partial charge >= 0.3 is 0 Å². The van der Waals surface area contributed by atoms with E-state index in [-0.39, 0.29) is 22.9 Å². The van der Waals surface area contributed by atoms with E-state index in [4.69, 9.17) is 9.47 Å². The number of nitro benzene ring substituents is 1. The second-order valence-electron chi connectivity index (χ2n) is 5.40. The summed E-state index contributed by atoms with van der Waals surface area (Å²) in [7, 11) is 1.53. The lowest BCUT2D eigenvalue weighted by atomic mass is 10.2. The van der Waals surface area contributed by atoms with Gasteiger partial charge in [-0.3, -0.25) is 14.9 Å². The molecule has 0 aliphatic rings. The van der Waals surface area contributed by atoms with Crippen LogP contribution in [0.25, 0.3) is 0 Å². The number of pyridine rings is 1. The molecule has 8 nitrogen and oxygen atoms in total. The van der Waals surface area contributed by atoms with Gasteiger partial charge in [0.2, 0.25) is 5.88 Å². The van der Waals surface area contributed by atoms with E-state index in [1.165, 1.54) is 31.5 Å². The van der Waals surface area contributed by atoms with Crippen molar-refractivity contribution in [3.05, 3.63) is 82.5 Å². The molecule has 1 amide bonds. The average molecular weight is 365 g/mol. The molecule has 0 unspecified atom stereocenters. The van der Waals surface area contributed by atoms with E-state index in [2.05, 4.69) is 10.3 Å². The summed E-state index contributed by atoms with van der Waals surface area (Å²) < 4.78 is 10.7. The predicted molar refractivity (Wildman–Crippen MR) is 98.4 cm³/mol. The molecule has 0 radical (unpaired) electrons. The monoisotopic (exact) mass is 365 g/mol. The average Bonchev–Trinajstić information content (AvgIpc) is 2.68. The van der Waals surface area contributed by atoms with Crippen molar-refractivity contribution in [1.82, 2.24) is 4.98 Å². The van der Waals surface area contributed by atoms with Gasteiger partial charge in [0.15, 0.2) is 0 Å². The molecule has 0 aliphatic carbocycles. The van der Waals surface area contributed by atoms with Crippen LogP contribution < -0.4 is 14.8 Å². The fraction of sp³-hybridized carbons (Fsp3) is 0.0526. The van der Waals surface area contributed by atoms with Crippen molar-refractivity contribution in [3.63, 3.8) is 0 Å². The topological polar surface area (TPSA) is 104 Å². The number of hydrogen-bond donors (Lipinski definition) is 1. The lowest BCUT2D eigenvalue weighted by Crippen LogP contribution is -2.13. The molecule has 8 heteroatoms. The summed E-state index contributed by atoms with van der Waals surface area (Å²) in [6, 6.07) is 15.7. The number of carbonyl (C=O) groups is 1. The summed E-state index contributed by atoms with van der Waals surface area (Å²) in [5.74, 6) is 0.417. The molecule has 1 aromatic heterocycles. The number of nitrogens with one attached hydrogen (secondary N) is 1. The summed E-state index contributed by atoms with van der Waals surface area (Å²) in [6.07, 6.45) is 1.47. The number of non-ortho nitro benzene ring substituents is 1. The zero-order valence-electron chi connectivity index (χ0n) is 14.3. The largest absolute Gasteiger partial charge is 0.497 e. The Morgan fingerprint density at radius 3 is 2.63 bits per heavy atom. The number of benzene rings is 2. The van der Waals surface area contributed by atoms with Crippen molar-refractivity contribution in [2.45, 2.75) is 0 Å². The van der Waals surface area contributed by atoms with Crippen molar-refractivity contribution in [3.8, 4) is 17.4 Å². The first-order chi connectivity index (χ1) is 13.1. The smallest absolute Gasteiger partial charge is 0.273 e. The highest BCUT2D eigenvalue weighted by atomic mass is 16.6. The van der Waals surface area contributed by atoms with E-state index < -0.39 is 10.8 Å². The quantitative estimate of drug-likeness (QED) is 0.522. The molecule has 1 N–H and O–H groups in total. The van der Waals surface area contributed by atoms with Gasteiger partial charge in [-0.1, -0.05) is 12.1 Å². The van der Waals surface area contributed by atoms with Crippen LogP contribution in [0.3, 0.4) is 0 Å². The second kappa shape index (κ2) is 7.96. The SMILES string of the molecule is COc1cccc(NC(=O)c2cccnc2Oc2cccc([N+](=O)[O-])c2)c1. The van der Waals surface area contributed by atoms with Gasteiger partial charge in [0.25, 0.3) is 11.6 Å². The van der Waals surface area contributed by atoms with E-state index in [9.17, 15) is 14.9 Å². The van der Waals surface area contributed by atoms with Gasteiger partial charge in [0.05, 0.1) is 18.1 Å². The Morgan fingerprint density at radius 2 is 1.85 bits per heavy atom. The molecule has 0 saturated heterocycles. The van der Waals surface area contributed by atoms with Crippen molar-refractivity contribution in [2.24, 2.45) is 0 Å². The summed E-state index contributed by atoms with van der Waals surface area (Å²) in [6.45, 7) is 0. The molecule has 0 atom stereocenters. The number of methoxy groups -OCH3 is 1. The lowest BCUT2D eigenvalue weighted by molar-refractivity contribution is -0.384. The maximum Gasteiger partial charge on any atom is 0.273 e. The molecule has 0 bridgehead atoms. The molecule has 3 aromatic rings. The third-order valence-electron chi connectivity index (χ3n) is 3.59. The van der Waals surface area contributed by atoms with Gasteiger partial charge in [0, 0.05) is 24.0 Å². The first-order valence-corrected chi connectivity index (χ1v) is 7.89. The Balaban J connectivity index is 1.84. The minimum Gasteiger partial charge on any atom is -0.497 e. The number of nitro groups is 1. The molecular formula is C19H15N3O5. The normalized spacial score (nSPS) is 10.1. The Bertz CT molecular complexity index is 990. The maximum absolute atomic E-state index is 12.6. The van der Waals surface area contributed by atoms with Crippen LogP contribution >= 0.6 is 0 Å². The number of rotatable bonds is 6. The van der Waals surface area contributed by atoms with Crippen LogP contribution in [0.1, 0.15) is 10.4 Å². The van der Waals surface area contributed by atoms with E-state index in [0.29, 0.717) is 11.4 Å². The molecule has 0 saturated carbocycles. The number of anilines is 1. The standard InChI is InChI=1S/C19H15N3O5/c1-26-15-7-2-5-13(11-15)21-18(23)17-9-4-10-20-19(17)27-16-8-3-6-14(12-16)22(24)25/h2-12H,1H3,(H,21,23). The van der Waals surface area contributed by atoms with Crippen LogP contribution in [0.2, 0.25) is 0 Å². The first-order valence-electron chi connectivity index (χ1n) is 7.89. The van der Waals surface area contributed by atoms with Crippen molar-refractivity contribution >= 4 is 17.3 Å². The predicted octanol–water partition coefficient (Wildman–Crippen LogP) is 4.04. The number of ether oxygens (including phenoxy) is 2. The van der Waals surface area contributed by atoms with Gasteiger partial charge in [-0.15, -0.1) is 0 Å². The van der Waals surface area contributed by atoms with Gasteiger partial charge in [-0.2, -0.15) is 0 Å². The lowest BCUT2D eigenvalue weighted by Gasteiger charge is -2.11. The molecule has 0 aliphatic heterocycles. The number of amides is 1. The number of aromatic nitrogens is 1. The van der Waals surface area contributed by atoms with E-state index >= 15 is 0 Å². The van der Waals surface area contributed by atoms with Crippen LogP contribution in [0.15, 0.2) is 66.9 Å². The third-order valence-corrected chi connectivity index (χ3v) is 3.59. The fourth-order valence-electron chi connectivity index (χ4n) is 2.32. The molecule has 3 rings (SSSR count). The Hall–Kier alpha value is -3.94. The zero-order valence-corrected chi connectivity index (χ0v) is 14.3. The Kier molecular flexibility index (Phi) is 5.27. The molecule has 136 valence electrons. The summed E-state index contributed by atoms with van der Waals surface area (Å²) in [4.78, 5) is 27.1. The number of carbonyl (C=O) groups excluding carboxylic acids is 1. The summed E-state index contributed by atoms with van der Waals surface area (Å²) in [5.41, 5.74) is 0.613. The minimum atomic E-state index is -0.526. The zero-order chi connectivity index (χ0) is 19.2. The molecule has 0 fully saturated rings. The first kappa shape index (κ1) is 17.9. The number of hydrogen-bond acceptors (Lipinski definition) is 6. The highest BCUT2D eigenvalue weighted by Gasteiger charge is 2.16. The van der Waals surface area contributed by atoms with Crippen LogP contribution in [-0.4, -0.2) is 22.9 Å². The highest BCUT2D eigenvalue weighted by molar-refractivity contribution is 6.05. The van der Waals surface area contributed by atoms with E-state index in [0.717, 1.165) is 0 Å². The number of nitrogens with zero attached hydrogens (tertiary/aromatic N) is 2. The summed E-state index contributed by atoms with van der Waals surface area (Å²) in [5, 5.41) is 13.6. The van der Waals surface area contributed by atoms with Crippen LogP contribution in [0.4, 0.5) is 11.4 Å². The summed E-state index contributed by atoms with van der Waals surface area (Å²) >= 11 is 0. The van der Waals surface area contributed by atoms with E-state index in [1.54, 1.807) is 42.5 Å². The van der Waals surface area contributed by atoms with Gasteiger partial charge in [-0.25, -0.2) is 4.98 Å². The van der Waals surface area contributed by atoms with Crippen molar-refractivity contribution in [1.29, 1.82) is 0 Å². The molecule has 27 heavy (non-hydrogen) atoms. The van der Waals surface area contributed by atoms with Crippen molar-refractivity contribution < 1.29 is 19.2 Å². The third kappa shape index (κ3) is 4.37. The minimum absolute atomic E-state index is 0.0402. The second-order valence-corrected chi connectivity index (χ2v) is 5.40. The molecule has 0 spiro atoms. The molecule has 2 aromatic carbocycles. The van der Waals surface area contributed by atoms with Gasteiger partial charge in [-0.05, 0) is 30.3 Å². The van der Waals surface area contributed by atoms with E-state index in [1.807, 2.05) is 0 Å². The van der Waals surface area contributed by atoms with Gasteiger partial charge < -0.3 is 14.8 Å². The maximum atomic E-state index is 12.6. The van der Waals surface area contributed by atoms with Crippen LogP contribution in [0.5, 0.6) is 17.4 Å². The van der Waals surface area contributed by atoms with Crippen molar-refractivity contribution in [2.75, 3.05) is 12.4 Å². The van der Waals surface area contributed by atoms with Crippen LogP contribution in [-0.2, 0) is 0 Å². The Labute approximate surface area is 154 Å². The Morgan fingerprint density at radius 1 is 1.07 bits per heavy atom. The van der Waals surface area contributed by atoms with Crippen LogP contribution in [0, 0.1) is 10.1 Å². The highest BCUT2D eigenvalue weighted by Crippen LogP contribution is 2.27.